The number of ether oxygens (including phenoxy) is 2. The highest BCUT2D eigenvalue weighted by molar-refractivity contribution is 5.31. The zero-order valence-corrected chi connectivity index (χ0v) is 11.5. The molecule has 0 unspecified atom stereocenters. The Bertz CT molecular complexity index is 402. The lowest BCUT2D eigenvalue weighted by atomic mass is 10.1. The van der Waals surface area contributed by atoms with Crippen molar-refractivity contribution < 1.29 is 14.6 Å². The second-order valence-corrected chi connectivity index (χ2v) is 4.70. The van der Waals surface area contributed by atoms with Crippen LogP contribution in [0.5, 0.6) is 0 Å². The van der Waals surface area contributed by atoms with Gasteiger partial charge in [-0.25, -0.2) is 9.97 Å². The fourth-order valence-corrected chi connectivity index (χ4v) is 2.16. The predicted octanol–water partition coefficient (Wildman–Crippen LogP) is 0.388. The van der Waals surface area contributed by atoms with Gasteiger partial charge in [-0.05, 0) is 19.4 Å². The Morgan fingerprint density at radius 1 is 1.47 bits per heavy atom. The Kier molecular flexibility index (Phi) is 5.07. The number of methoxy groups -OCH3 is 1. The number of aromatic nitrogens is 2. The van der Waals surface area contributed by atoms with Crippen molar-refractivity contribution in [2.75, 3.05) is 38.3 Å². The molecule has 6 nitrogen and oxygen atoms in total. The molecule has 2 rings (SSSR count). The maximum absolute atomic E-state index is 10.1. The van der Waals surface area contributed by atoms with E-state index < -0.39 is 6.10 Å². The van der Waals surface area contributed by atoms with Crippen molar-refractivity contribution in [2.24, 2.45) is 0 Å². The molecule has 2 atom stereocenters. The zero-order chi connectivity index (χ0) is 13.7. The number of β-amino-alcohol motifs (C(OH)–C–C–N with tert-alkyl or cyclic N) is 1. The first-order valence-corrected chi connectivity index (χ1v) is 6.54. The van der Waals surface area contributed by atoms with E-state index in [1.165, 1.54) is 0 Å². The normalized spacial score (nSPS) is 23.6. The lowest BCUT2D eigenvalue weighted by Gasteiger charge is -2.35. The lowest BCUT2D eigenvalue weighted by molar-refractivity contribution is -0.0593. The Morgan fingerprint density at radius 3 is 3.00 bits per heavy atom. The molecule has 0 bridgehead atoms. The van der Waals surface area contributed by atoms with Gasteiger partial charge in [0.15, 0.2) is 0 Å². The molecule has 1 saturated heterocycles. The summed E-state index contributed by atoms with van der Waals surface area (Å²) >= 11 is 0. The third-order valence-corrected chi connectivity index (χ3v) is 3.20. The van der Waals surface area contributed by atoms with Crippen LogP contribution in [0.2, 0.25) is 0 Å². The summed E-state index contributed by atoms with van der Waals surface area (Å²) in [5.74, 6) is 0.675. The number of anilines is 1. The maximum Gasteiger partial charge on any atom is 0.225 e. The number of aliphatic hydroxyl groups is 1. The van der Waals surface area contributed by atoms with Crippen LogP contribution in [0.3, 0.4) is 0 Å². The maximum atomic E-state index is 10.1. The minimum absolute atomic E-state index is 0.129. The van der Waals surface area contributed by atoms with Crippen molar-refractivity contribution in [3.63, 3.8) is 0 Å². The van der Waals surface area contributed by atoms with Crippen molar-refractivity contribution in [3.8, 4) is 0 Å². The molecule has 1 fully saturated rings. The highest BCUT2D eigenvalue weighted by Gasteiger charge is 2.29. The van der Waals surface area contributed by atoms with E-state index in [1.807, 2.05) is 17.9 Å². The second-order valence-electron chi connectivity index (χ2n) is 4.70. The number of rotatable bonds is 5. The molecule has 1 aromatic rings. The molecule has 0 spiro atoms. The fraction of sp³-hybridized carbons (Fsp3) is 0.692. The average molecular weight is 267 g/mol. The van der Waals surface area contributed by atoms with Gasteiger partial charge < -0.3 is 19.5 Å². The van der Waals surface area contributed by atoms with Gasteiger partial charge in [0.05, 0.1) is 25.4 Å². The number of hydrogen-bond acceptors (Lipinski definition) is 6. The van der Waals surface area contributed by atoms with Crippen molar-refractivity contribution in [2.45, 2.75) is 25.6 Å². The molecule has 1 aliphatic heterocycles. The van der Waals surface area contributed by atoms with Crippen LogP contribution in [0, 0.1) is 6.92 Å². The summed E-state index contributed by atoms with van der Waals surface area (Å²) in [6.45, 7) is 4.29. The third-order valence-electron chi connectivity index (χ3n) is 3.20. The minimum Gasteiger partial charge on any atom is -0.389 e. The van der Waals surface area contributed by atoms with Crippen molar-refractivity contribution in [1.82, 2.24) is 9.97 Å². The van der Waals surface area contributed by atoms with Gasteiger partial charge in [-0.3, -0.25) is 0 Å². The summed E-state index contributed by atoms with van der Waals surface area (Å²) in [4.78, 5) is 10.6. The average Bonchev–Trinajstić information content (AvgIpc) is 2.41. The van der Waals surface area contributed by atoms with Crippen LogP contribution >= 0.6 is 0 Å². The largest absolute Gasteiger partial charge is 0.389 e. The van der Waals surface area contributed by atoms with E-state index >= 15 is 0 Å². The lowest BCUT2D eigenvalue weighted by Crippen LogP contribution is -2.48. The van der Waals surface area contributed by atoms with E-state index in [2.05, 4.69) is 9.97 Å². The Morgan fingerprint density at radius 2 is 2.32 bits per heavy atom. The standard InChI is InChI=1S/C13H21N3O3/c1-10-3-5-14-13(15-10)16-6-4-12(11(17)9-16)19-8-7-18-2/h3,5,11-12,17H,4,6-9H2,1-2H3/t11-,12+/m1/s1. The first-order valence-electron chi connectivity index (χ1n) is 6.54. The molecule has 0 aliphatic carbocycles. The highest BCUT2D eigenvalue weighted by Crippen LogP contribution is 2.18. The summed E-state index contributed by atoms with van der Waals surface area (Å²) in [5.41, 5.74) is 0.929. The second kappa shape index (κ2) is 6.79. The van der Waals surface area contributed by atoms with Crippen molar-refractivity contribution in [3.05, 3.63) is 18.0 Å². The summed E-state index contributed by atoms with van der Waals surface area (Å²) in [6.07, 6.45) is 1.86. The molecule has 106 valence electrons. The fourth-order valence-electron chi connectivity index (χ4n) is 2.16. The van der Waals surface area contributed by atoms with Crippen molar-refractivity contribution in [1.29, 1.82) is 0 Å². The van der Waals surface area contributed by atoms with E-state index in [0.29, 0.717) is 25.7 Å². The molecular weight excluding hydrogens is 246 g/mol. The Labute approximate surface area is 113 Å². The monoisotopic (exact) mass is 267 g/mol. The number of aryl methyl sites for hydroxylation is 1. The molecule has 1 aliphatic rings. The predicted molar refractivity (Wildman–Crippen MR) is 71.2 cm³/mol. The minimum atomic E-state index is -0.519. The molecule has 1 aromatic heterocycles. The van der Waals surface area contributed by atoms with Gasteiger partial charge in [0.1, 0.15) is 0 Å². The smallest absolute Gasteiger partial charge is 0.225 e. The molecule has 0 aromatic carbocycles. The number of aliphatic hydroxyl groups excluding tert-OH is 1. The summed E-state index contributed by atoms with van der Waals surface area (Å²) in [5, 5.41) is 10.1. The molecule has 0 radical (unpaired) electrons. The first-order chi connectivity index (χ1) is 9.20. The van der Waals surface area contributed by atoms with Gasteiger partial charge >= 0.3 is 0 Å². The van der Waals surface area contributed by atoms with Gasteiger partial charge in [0.25, 0.3) is 0 Å². The number of piperidine rings is 1. The van der Waals surface area contributed by atoms with Gasteiger partial charge in [-0.1, -0.05) is 0 Å². The van der Waals surface area contributed by atoms with Crippen LogP contribution in [0.1, 0.15) is 12.1 Å². The van der Waals surface area contributed by atoms with E-state index in [-0.39, 0.29) is 6.10 Å². The Balaban J connectivity index is 1.89. The molecule has 0 amide bonds. The highest BCUT2D eigenvalue weighted by atomic mass is 16.5. The van der Waals surface area contributed by atoms with Gasteiger partial charge in [-0.2, -0.15) is 0 Å². The van der Waals surface area contributed by atoms with E-state index in [9.17, 15) is 5.11 Å². The SMILES string of the molecule is COCCO[C@H]1CCN(c2nccc(C)n2)C[C@H]1O. The molecule has 0 saturated carbocycles. The van der Waals surface area contributed by atoms with Crippen molar-refractivity contribution >= 4 is 5.95 Å². The third kappa shape index (κ3) is 3.86. The molecule has 6 heteroatoms. The summed E-state index contributed by atoms with van der Waals surface area (Å²) < 4.78 is 10.5. The van der Waals surface area contributed by atoms with Gasteiger partial charge in [0, 0.05) is 32.1 Å². The molecular formula is C13H21N3O3. The van der Waals surface area contributed by atoms with Crippen LogP contribution < -0.4 is 4.90 Å². The summed E-state index contributed by atoms with van der Waals surface area (Å²) in [6, 6.07) is 1.86. The van der Waals surface area contributed by atoms with E-state index in [4.69, 9.17) is 9.47 Å². The quantitative estimate of drug-likeness (QED) is 0.778. The van der Waals surface area contributed by atoms with Crippen LogP contribution in [-0.2, 0) is 9.47 Å². The number of nitrogens with zero attached hydrogens (tertiary/aromatic N) is 3. The molecule has 1 N–H and O–H groups in total. The zero-order valence-electron chi connectivity index (χ0n) is 11.5. The van der Waals surface area contributed by atoms with Crippen LogP contribution in [0.25, 0.3) is 0 Å². The molecule has 2 heterocycles. The van der Waals surface area contributed by atoms with E-state index in [0.717, 1.165) is 18.7 Å². The number of hydrogen-bond donors (Lipinski definition) is 1. The van der Waals surface area contributed by atoms with Crippen LogP contribution in [0.15, 0.2) is 12.3 Å². The van der Waals surface area contributed by atoms with E-state index in [1.54, 1.807) is 13.3 Å². The Hall–Kier alpha value is -1.24. The first kappa shape index (κ1) is 14.2. The summed E-state index contributed by atoms with van der Waals surface area (Å²) in [7, 11) is 1.64. The topological polar surface area (TPSA) is 67.7 Å². The molecule has 19 heavy (non-hydrogen) atoms. The van der Waals surface area contributed by atoms with Crippen LogP contribution in [-0.4, -0.2) is 60.7 Å². The van der Waals surface area contributed by atoms with Gasteiger partial charge in [-0.15, -0.1) is 0 Å². The van der Waals surface area contributed by atoms with Gasteiger partial charge in [0.2, 0.25) is 5.95 Å². The van der Waals surface area contributed by atoms with Crippen LogP contribution in [0.4, 0.5) is 5.95 Å².